The number of esters is 1. The molecule has 2 aromatic heterocycles. The van der Waals surface area contributed by atoms with E-state index >= 15 is 0 Å². The molecule has 4 aromatic rings. The van der Waals surface area contributed by atoms with Crippen LogP contribution in [0.1, 0.15) is 30.2 Å². The summed E-state index contributed by atoms with van der Waals surface area (Å²) >= 11 is 0. The minimum absolute atomic E-state index is 0.161. The van der Waals surface area contributed by atoms with Crippen molar-refractivity contribution in [2.45, 2.75) is 26.6 Å². The number of rotatable bonds is 7. The molecule has 6 nitrogen and oxygen atoms in total. The molecule has 6 heteroatoms. The Kier molecular flexibility index (Phi) is 5.48. The Labute approximate surface area is 174 Å². The summed E-state index contributed by atoms with van der Waals surface area (Å²) in [6, 6.07) is 16.7. The molecule has 0 aliphatic carbocycles. The predicted molar refractivity (Wildman–Crippen MR) is 112 cm³/mol. The highest BCUT2D eigenvalue weighted by Crippen LogP contribution is 2.34. The number of carbonyl (C=O) groups excluding carboxylic acids is 1. The number of hydrogen-bond donors (Lipinski definition) is 0. The van der Waals surface area contributed by atoms with E-state index in [-0.39, 0.29) is 18.5 Å². The lowest BCUT2D eigenvalue weighted by Crippen LogP contribution is -2.10. The fourth-order valence-electron chi connectivity index (χ4n) is 3.08. The first-order valence-corrected chi connectivity index (χ1v) is 9.61. The minimum atomic E-state index is -0.486. The number of ether oxygens (including phenoxy) is 3. The van der Waals surface area contributed by atoms with Gasteiger partial charge in [-0.15, -0.1) is 0 Å². The number of carbonyl (C=O) groups is 1. The summed E-state index contributed by atoms with van der Waals surface area (Å²) in [4.78, 5) is 11.9. The third kappa shape index (κ3) is 4.17. The second-order valence-corrected chi connectivity index (χ2v) is 7.04. The van der Waals surface area contributed by atoms with Crippen molar-refractivity contribution in [2.75, 3.05) is 7.11 Å². The Hall–Kier alpha value is -3.67. The fourth-order valence-corrected chi connectivity index (χ4v) is 3.08. The maximum atomic E-state index is 11.9. The van der Waals surface area contributed by atoms with Crippen LogP contribution in [0.2, 0.25) is 0 Å². The van der Waals surface area contributed by atoms with E-state index < -0.39 is 5.97 Å². The maximum absolute atomic E-state index is 11.9. The Morgan fingerprint density at radius 2 is 1.77 bits per heavy atom. The van der Waals surface area contributed by atoms with Gasteiger partial charge in [-0.2, -0.15) is 0 Å². The minimum Gasteiger partial charge on any atom is -0.497 e. The van der Waals surface area contributed by atoms with Crippen LogP contribution in [-0.4, -0.2) is 19.2 Å². The van der Waals surface area contributed by atoms with E-state index in [0.717, 1.165) is 27.8 Å². The highest BCUT2D eigenvalue weighted by Gasteiger charge is 2.15. The van der Waals surface area contributed by atoms with Crippen molar-refractivity contribution < 1.29 is 27.8 Å². The summed E-state index contributed by atoms with van der Waals surface area (Å²) in [5.41, 5.74) is 2.76. The lowest BCUT2D eigenvalue weighted by molar-refractivity contribution is 0.0337. The molecule has 0 amide bonds. The standard InChI is InChI=1S/C24H22O6/c1-15(2)29-24(25)23-11-9-19(30-23)13-27-18-8-10-22-20(12-18)21(14-28-22)16-4-6-17(26-3)7-5-16/h4-12,14-15H,13H2,1-3H3. The molecule has 0 saturated carbocycles. The molecule has 0 atom stereocenters. The molecular formula is C24H22O6. The summed E-state index contributed by atoms with van der Waals surface area (Å²) in [5, 5.41) is 0.943. The molecule has 0 fully saturated rings. The van der Waals surface area contributed by atoms with Gasteiger partial charge in [-0.3, -0.25) is 0 Å². The van der Waals surface area contributed by atoms with E-state index in [1.54, 1.807) is 39.4 Å². The van der Waals surface area contributed by atoms with Gasteiger partial charge in [0.2, 0.25) is 5.76 Å². The molecule has 4 rings (SSSR count). The first-order valence-electron chi connectivity index (χ1n) is 9.61. The fraction of sp³-hybridized carbons (Fsp3) is 0.208. The molecule has 0 unspecified atom stereocenters. The van der Waals surface area contributed by atoms with Crippen molar-refractivity contribution in [3.8, 4) is 22.6 Å². The van der Waals surface area contributed by atoms with Gasteiger partial charge in [-0.25, -0.2) is 4.79 Å². The van der Waals surface area contributed by atoms with E-state index in [4.69, 9.17) is 23.0 Å². The van der Waals surface area contributed by atoms with Gasteiger partial charge in [0, 0.05) is 10.9 Å². The monoisotopic (exact) mass is 406 g/mol. The molecule has 0 radical (unpaired) electrons. The van der Waals surface area contributed by atoms with E-state index in [0.29, 0.717) is 11.5 Å². The smallest absolute Gasteiger partial charge is 0.374 e. The van der Waals surface area contributed by atoms with Gasteiger partial charge in [0.25, 0.3) is 0 Å². The van der Waals surface area contributed by atoms with Gasteiger partial charge in [-0.1, -0.05) is 12.1 Å². The van der Waals surface area contributed by atoms with E-state index in [1.165, 1.54) is 0 Å². The third-order valence-corrected chi connectivity index (χ3v) is 4.53. The molecule has 154 valence electrons. The lowest BCUT2D eigenvalue weighted by atomic mass is 10.0. The molecule has 0 N–H and O–H groups in total. The molecule has 30 heavy (non-hydrogen) atoms. The van der Waals surface area contributed by atoms with Crippen molar-refractivity contribution in [3.05, 3.63) is 72.4 Å². The van der Waals surface area contributed by atoms with Crippen LogP contribution < -0.4 is 9.47 Å². The second kappa shape index (κ2) is 8.37. The molecule has 2 aromatic carbocycles. The summed E-state index contributed by atoms with van der Waals surface area (Å²) in [5.74, 6) is 1.68. The molecule has 0 spiro atoms. The molecular weight excluding hydrogens is 384 g/mol. The number of hydrogen-bond acceptors (Lipinski definition) is 6. The second-order valence-electron chi connectivity index (χ2n) is 7.04. The Morgan fingerprint density at radius 3 is 2.50 bits per heavy atom. The van der Waals surface area contributed by atoms with Crippen LogP contribution in [0, 0.1) is 0 Å². The van der Waals surface area contributed by atoms with Gasteiger partial charge < -0.3 is 23.0 Å². The van der Waals surface area contributed by atoms with E-state index in [9.17, 15) is 4.79 Å². The van der Waals surface area contributed by atoms with Gasteiger partial charge in [0.1, 0.15) is 29.4 Å². The zero-order chi connectivity index (χ0) is 21.1. The SMILES string of the molecule is COc1ccc(-c2coc3ccc(OCc4ccc(C(=O)OC(C)C)o4)cc23)cc1. The van der Waals surface area contributed by atoms with Crippen molar-refractivity contribution in [2.24, 2.45) is 0 Å². The van der Waals surface area contributed by atoms with Gasteiger partial charge in [-0.05, 0) is 61.9 Å². The predicted octanol–water partition coefficient (Wildman–Crippen LogP) is 5.85. The maximum Gasteiger partial charge on any atom is 0.374 e. The Balaban J connectivity index is 1.50. The number of benzene rings is 2. The number of methoxy groups -OCH3 is 1. The van der Waals surface area contributed by atoms with E-state index in [1.807, 2.05) is 42.5 Å². The van der Waals surface area contributed by atoms with Crippen LogP contribution in [0.3, 0.4) is 0 Å². The largest absolute Gasteiger partial charge is 0.497 e. The lowest BCUT2D eigenvalue weighted by Gasteiger charge is -2.06. The molecule has 2 heterocycles. The van der Waals surface area contributed by atoms with Crippen LogP contribution in [0.15, 0.2) is 69.7 Å². The Morgan fingerprint density at radius 1 is 1.00 bits per heavy atom. The Bertz CT molecular complexity index is 1150. The highest BCUT2D eigenvalue weighted by atomic mass is 16.6. The van der Waals surface area contributed by atoms with Crippen LogP contribution in [-0.2, 0) is 11.3 Å². The summed E-state index contributed by atoms with van der Waals surface area (Å²) in [7, 11) is 1.64. The van der Waals surface area contributed by atoms with Gasteiger partial charge in [0.15, 0.2) is 0 Å². The van der Waals surface area contributed by atoms with Crippen molar-refractivity contribution >= 4 is 16.9 Å². The average Bonchev–Trinajstić information content (AvgIpc) is 3.39. The summed E-state index contributed by atoms with van der Waals surface area (Å²) in [6.07, 6.45) is 1.53. The molecule has 0 bridgehead atoms. The van der Waals surface area contributed by atoms with Gasteiger partial charge >= 0.3 is 5.97 Å². The van der Waals surface area contributed by atoms with Gasteiger partial charge in [0.05, 0.1) is 19.5 Å². The van der Waals surface area contributed by atoms with Crippen LogP contribution in [0.4, 0.5) is 0 Å². The summed E-state index contributed by atoms with van der Waals surface area (Å²) in [6.45, 7) is 3.77. The zero-order valence-corrected chi connectivity index (χ0v) is 17.0. The van der Waals surface area contributed by atoms with Crippen LogP contribution in [0.25, 0.3) is 22.1 Å². The van der Waals surface area contributed by atoms with Crippen LogP contribution in [0.5, 0.6) is 11.5 Å². The van der Waals surface area contributed by atoms with Crippen molar-refractivity contribution in [3.63, 3.8) is 0 Å². The molecule has 0 aliphatic heterocycles. The first-order chi connectivity index (χ1) is 14.5. The quantitative estimate of drug-likeness (QED) is 0.359. The van der Waals surface area contributed by atoms with Crippen molar-refractivity contribution in [1.29, 1.82) is 0 Å². The van der Waals surface area contributed by atoms with E-state index in [2.05, 4.69) is 0 Å². The third-order valence-electron chi connectivity index (χ3n) is 4.53. The molecule has 0 saturated heterocycles. The highest BCUT2D eigenvalue weighted by molar-refractivity contribution is 5.94. The number of furan rings is 2. The number of fused-ring (bicyclic) bond motifs is 1. The average molecular weight is 406 g/mol. The first kappa shape index (κ1) is 19.6. The zero-order valence-electron chi connectivity index (χ0n) is 17.0. The normalized spacial score (nSPS) is 11.1. The molecule has 0 aliphatic rings. The van der Waals surface area contributed by atoms with Crippen molar-refractivity contribution in [1.82, 2.24) is 0 Å². The van der Waals surface area contributed by atoms with Crippen LogP contribution >= 0.6 is 0 Å². The topological polar surface area (TPSA) is 71.0 Å². The summed E-state index contributed by atoms with van der Waals surface area (Å²) < 4.78 is 27.4.